The van der Waals surface area contributed by atoms with Gasteiger partial charge in [-0.1, -0.05) is 32.8 Å². The number of nitrogens with one attached hydrogen (secondary N) is 1. The lowest BCUT2D eigenvalue weighted by Gasteiger charge is -2.30. The second kappa shape index (κ2) is 11.8. The second-order valence-corrected chi connectivity index (χ2v) is 7.56. The standard InChI is InChI=1S/C21H35N5O.HI/c1-4-17(5-2)19-8-10-26(16-19)21(22-3)24-15-18-7-6-9-23-20(18)25-11-13-27-14-12-25;/h6-7,9,17,19H,4-5,8,10-16H2,1-3H3,(H,22,24);1H. The predicted octanol–water partition coefficient (Wildman–Crippen LogP) is 3.37. The maximum Gasteiger partial charge on any atom is 0.193 e. The number of aliphatic imine (C=N–C) groups is 1. The largest absolute Gasteiger partial charge is 0.378 e. The third kappa shape index (κ3) is 5.72. The number of rotatable bonds is 6. The van der Waals surface area contributed by atoms with Crippen molar-refractivity contribution in [3.8, 4) is 0 Å². The quantitative estimate of drug-likeness (QED) is 0.368. The van der Waals surface area contributed by atoms with Crippen LogP contribution in [0.4, 0.5) is 5.82 Å². The van der Waals surface area contributed by atoms with E-state index in [0.717, 1.165) is 69.6 Å². The van der Waals surface area contributed by atoms with E-state index in [1.807, 2.05) is 19.3 Å². The van der Waals surface area contributed by atoms with Crippen LogP contribution in [0.1, 0.15) is 38.7 Å². The van der Waals surface area contributed by atoms with Crippen molar-refractivity contribution in [2.24, 2.45) is 16.8 Å². The normalized spacial score (nSPS) is 20.4. The lowest BCUT2D eigenvalue weighted by Crippen LogP contribution is -2.41. The molecule has 0 amide bonds. The molecule has 0 aliphatic carbocycles. The first-order valence-corrected chi connectivity index (χ1v) is 10.5. The molecule has 3 rings (SSSR count). The van der Waals surface area contributed by atoms with Crippen LogP contribution < -0.4 is 10.2 Å². The fraction of sp³-hybridized carbons (Fsp3) is 0.714. The Kier molecular flexibility index (Phi) is 9.77. The van der Waals surface area contributed by atoms with Gasteiger partial charge in [-0.05, 0) is 24.3 Å². The first kappa shape index (κ1) is 23.2. The Labute approximate surface area is 187 Å². The number of pyridine rings is 1. The highest BCUT2D eigenvalue weighted by molar-refractivity contribution is 14.0. The Morgan fingerprint density at radius 1 is 1.29 bits per heavy atom. The summed E-state index contributed by atoms with van der Waals surface area (Å²) < 4.78 is 5.48. The average Bonchev–Trinajstić information content (AvgIpc) is 3.20. The van der Waals surface area contributed by atoms with Crippen molar-refractivity contribution in [2.75, 3.05) is 51.3 Å². The van der Waals surface area contributed by atoms with Gasteiger partial charge in [-0.15, -0.1) is 24.0 Å². The van der Waals surface area contributed by atoms with E-state index in [4.69, 9.17) is 4.74 Å². The van der Waals surface area contributed by atoms with Gasteiger partial charge in [-0.25, -0.2) is 4.98 Å². The van der Waals surface area contributed by atoms with Gasteiger partial charge in [0, 0.05) is 51.5 Å². The summed E-state index contributed by atoms with van der Waals surface area (Å²) in [5.74, 6) is 3.71. The molecular weight excluding hydrogens is 465 g/mol. The van der Waals surface area contributed by atoms with Gasteiger partial charge in [0.05, 0.1) is 13.2 Å². The molecule has 3 heterocycles. The van der Waals surface area contributed by atoms with Gasteiger partial charge >= 0.3 is 0 Å². The van der Waals surface area contributed by atoms with E-state index in [1.165, 1.54) is 24.8 Å². The minimum absolute atomic E-state index is 0. The molecule has 6 nitrogen and oxygen atoms in total. The van der Waals surface area contributed by atoms with Gasteiger partial charge < -0.3 is 19.9 Å². The molecule has 2 fully saturated rings. The van der Waals surface area contributed by atoms with E-state index >= 15 is 0 Å². The zero-order chi connectivity index (χ0) is 19.1. The third-order valence-electron chi connectivity index (χ3n) is 6.07. The molecule has 0 bridgehead atoms. The Bertz CT molecular complexity index is 617. The van der Waals surface area contributed by atoms with Crippen LogP contribution in [-0.2, 0) is 11.3 Å². The molecule has 0 radical (unpaired) electrons. The number of morpholine rings is 1. The highest BCUT2D eigenvalue weighted by Crippen LogP contribution is 2.28. The third-order valence-corrected chi connectivity index (χ3v) is 6.07. The van der Waals surface area contributed by atoms with Gasteiger partial charge in [0.15, 0.2) is 5.96 Å². The molecule has 2 saturated heterocycles. The number of halogens is 1. The molecule has 1 N–H and O–H groups in total. The van der Waals surface area contributed by atoms with Gasteiger partial charge in [0.25, 0.3) is 0 Å². The van der Waals surface area contributed by atoms with Gasteiger partial charge in [0.1, 0.15) is 5.82 Å². The summed E-state index contributed by atoms with van der Waals surface area (Å²) in [6.45, 7) is 11.0. The van der Waals surface area contributed by atoms with Crippen LogP contribution >= 0.6 is 24.0 Å². The first-order valence-electron chi connectivity index (χ1n) is 10.5. The van der Waals surface area contributed by atoms with Gasteiger partial charge in [-0.3, -0.25) is 4.99 Å². The molecule has 0 saturated carbocycles. The van der Waals surface area contributed by atoms with Crippen molar-refractivity contribution < 1.29 is 4.74 Å². The molecule has 1 aromatic rings. The first-order chi connectivity index (χ1) is 13.3. The summed E-state index contributed by atoms with van der Waals surface area (Å²) in [4.78, 5) is 13.9. The average molecular weight is 501 g/mol. The Morgan fingerprint density at radius 2 is 2.04 bits per heavy atom. The molecule has 158 valence electrons. The number of hydrogen-bond acceptors (Lipinski definition) is 4. The molecule has 1 atom stereocenters. The van der Waals surface area contributed by atoms with Crippen LogP contribution in [0, 0.1) is 11.8 Å². The minimum Gasteiger partial charge on any atom is -0.378 e. The number of aromatic nitrogens is 1. The number of ether oxygens (including phenoxy) is 1. The lowest BCUT2D eigenvalue weighted by atomic mass is 9.87. The van der Waals surface area contributed by atoms with Crippen molar-refractivity contribution in [1.82, 2.24) is 15.2 Å². The van der Waals surface area contributed by atoms with Crippen LogP contribution in [0.5, 0.6) is 0 Å². The van der Waals surface area contributed by atoms with Crippen LogP contribution in [0.2, 0.25) is 0 Å². The molecule has 1 unspecified atom stereocenters. The second-order valence-electron chi connectivity index (χ2n) is 7.56. The molecular formula is C21H36IN5O. The lowest BCUT2D eigenvalue weighted by molar-refractivity contribution is 0.122. The van der Waals surface area contributed by atoms with Gasteiger partial charge in [0.2, 0.25) is 0 Å². The van der Waals surface area contributed by atoms with Crippen molar-refractivity contribution in [3.05, 3.63) is 23.9 Å². The fourth-order valence-electron chi connectivity index (χ4n) is 4.45. The molecule has 28 heavy (non-hydrogen) atoms. The smallest absolute Gasteiger partial charge is 0.193 e. The topological polar surface area (TPSA) is 53.0 Å². The van der Waals surface area contributed by atoms with Crippen molar-refractivity contribution in [1.29, 1.82) is 0 Å². The number of hydrogen-bond donors (Lipinski definition) is 1. The molecule has 0 aromatic carbocycles. The van der Waals surface area contributed by atoms with E-state index in [1.54, 1.807) is 0 Å². The van der Waals surface area contributed by atoms with E-state index < -0.39 is 0 Å². The van der Waals surface area contributed by atoms with Crippen LogP contribution in [0.15, 0.2) is 23.3 Å². The molecule has 0 spiro atoms. The van der Waals surface area contributed by atoms with Crippen molar-refractivity contribution in [2.45, 2.75) is 39.7 Å². The highest BCUT2D eigenvalue weighted by Gasteiger charge is 2.29. The van der Waals surface area contributed by atoms with Crippen LogP contribution in [-0.4, -0.2) is 62.3 Å². The fourth-order valence-corrected chi connectivity index (χ4v) is 4.45. The number of anilines is 1. The summed E-state index contributed by atoms with van der Waals surface area (Å²) in [7, 11) is 1.89. The van der Waals surface area contributed by atoms with E-state index in [2.05, 4.69) is 45.0 Å². The number of guanidine groups is 1. The SMILES string of the molecule is CCC(CC)C1CCN(C(=NC)NCc2cccnc2N2CCOCC2)C1.I. The van der Waals surface area contributed by atoms with Crippen LogP contribution in [0.3, 0.4) is 0 Å². The van der Waals surface area contributed by atoms with Gasteiger partial charge in [-0.2, -0.15) is 0 Å². The summed E-state index contributed by atoms with van der Waals surface area (Å²) in [6, 6.07) is 4.18. The van der Waals surface area contributed by atoms with Crippen LogP contribution in [0.25, 0.3) is 0 Å². The summed E-state index contributed by atoms with van der Waals surface area (Å²) in [6.07, 6.45) is 5.71. The summed E-state index contributed by atoms with van der Waals surface area (Å²) >= 11 is 0. The molecule has 2 aliphatic heterocycles. The zero-order valence-electron chi connectivity index (χ0n) is 17.6. The van der Waals surface area contributed by atoms with E-state index in [-0.39, 0.29) is 24.0 Å². The maximum absolute atomic E-state index is 5.48. The van der Waals surface area contributed by atoms with Crippen molar-refractivity contribution >= 4 is 35.8 Å². The number of likely N-dealkylation sites (tertiary alicyclic amines) is 1. The Balaban J connectivity index is 0.00000280. The van der Waals surface area contributed by atoms with E-state index in [9.17, 15) is 0 Å². The van der Waals surface area contributed by atoms with E-state index in [0.29, 0.717) is 0 Å². The maximum atomic E-state index is 5.48. The summed E-state index contributed by atoms with van der Waals surface area (Å²) in [5, 5.41) is 3.58. The van der Waals surface area contributed by atoms with Crippen molar-refractivity contribution in [3.63, 3.8) is 0 Å². The molecule has 2 aliphatic rings. The summed E-state index contributed by atoms with van der Waals surface area (Å²) in [5.41, 5.74) is 1.22. The minimum atomic E-state index is 0. The number of nitrogens with zero attached hydrogens (tertiary/aromatic N) is 4. The zero-order valence-corrected chi connectivity index (χ0v) is 19.9. The Hall–Kier alpha value is -1.09. The Morgan fingerprint density at radius 3 is 2.71 bits per heavy atom. The monoisotopic (exact) mass is 501 g/mol. The molecule has 1 aromatic heterocycles. The predicted molar refractivity (Wildman–Crippen MR) is 127 cm³/mol. The highest BCUT2D eigenvalue weighted by atomic mass is 127. The molecule has 7 heteroatoms.